The van der Waals surface area contributed by atoms with Crippen molar-refractivity contribution in [2.24, 2.45) is 0 Å². The van der Waals surface area contributed by atoms with Crippen LogP contribution in [0.1, 0.15) is 34.3 Å². The summed E-state index contributed by atoms with van der Waals surface area (Å²) in [6.45, 7) is 1.22. The van der Waals surface area contributed by atoms with Crippen molar-refractivity contribution in [2.75, 3.05) is 7.11 Å². The van der Waals surface area contributed by atoms with Crippen LogP contribution in [0, 0.1) is 0 Å². The highest BCUT2D eigenvalue weighted by Gasteiger charge is 2.59. The van der Waals surface area contributed by atoms with Crippen LogP contribution >= 0.6 is 23.2 Å². The summed E-state index contributed by atoms with van der Waals surface area (Å²) in [4.78, 5) is 15.2. The van der Waals surface area contributed by atoms with Gasteiger partial charge in [-0.05, 0) is 59.7 Å². The molecule has 0 aliphatic rings. The second-order valence-corrected chi connectivity index (χ2v) is 7.95. The Bertz CT molecular complexity index is 1160. The summed E-state index contributed by atoms with van der Waals surface area (Å²) in [7, 11) is 1.26. The Morgan fingerprint density at radius 1 is 1.03 bits per heavy atom. The van der Waals surface area contributed by atoms with Gasteiger partial charge in [-0.1, -0.05) is 36.2 Å². The molecule has 0 fully saturated rings. The van der Waals surface area contributed by atoms with E-state index in [-0.39, 0.29) is 21.5 Å². The van der Waals surface area contributed by atoms with Gasteiger partial charge in [0.05, 0.1) is 12.7 Å². The fourth-order valence-electron chi connectivity index (χ4n) is 3.36. The molecule has 174 valence electrons. The lowest BCUT2D eigenvalue weighted by Gasteiger charge is -2.37. The average molecular weight is 500 g/mol. The third kappa shape index (κ3) is 5.08. The first kappa shape index (κ1) is 24.8. The number of esters is 1. The Hall–Kier alpha value is -2.81. The lowest BCUT2D eigenvalue weighted by molar-refractivity contribution is -0.274. The molecule has 0 bridgehead atoms. The molecule has 2 atom stereocenters. The highest BCUT2D eigenvalue weighted by Crippen LogP contribution is 2.50. The average Bonchev–Trinajstić information content (AvgIpc) is 2.77. The van der Waals surface area contributed by atoms with Crippen LogP contribution in [0.5, 0.6) is 11.5 Å². The zero-order chi connectivity index (χ0) is 24.4. The van der Waals surface area contributed by atoms with E-state index in [9.17, 15) is 23.1 Å². The number of carbonyl (C=O) groups excluding carboxylic acids is 1. The van der Waals surface area contributed by atoms with Crippen LogP contribution in [-0.4, -0.2) is 29.3 Å². The molecule has 1 N–H and O–H groups in total. The molecule has 3 rings (SSSR count). The molecule has 10 heteroatoms. The second kappa shape index (κ2) is 9.59. The minimum absolute atomic E-state index is 0.0333. The Labute approximate surface area is 197 Å². The van der Waals surface area contributed by atoms with Crippen molar-refractivity contribution in [3.05, 3.63) is 87.7 Å². The molecule has 1 aromatic heterocycles. The van der Waals surface area contributed by atoms with E-state index in [1.807, 2.05) is 0 Å². The Kier molecular flexibility index (Phi) is 7.21. The first-order chi connectivity index (χ1) is 15.5. The van der Waals surface area contributed by atoms with Crippen molar-refractivity contribution in [1.29, 1.82) is 0 Å². The van der Waals surface area contributed by atoms with Gasteiger partial charge in [0.1, 0.15) is 16.7 Å². The van der Waals surface area contributed by atoms with Crippen molar-refractivity contribution >= 4 is 29.2 Å². The van der Waals surface area contributed by atoms with Crippen molar-refractivity contribution in [3.63, 3.8) is 0 Å². The minimum Gasteiger partial charge on any atom is -0.465 e. The number of hydrogen-bond acceptors (Lipinski definition) is 5. The lowest BCUT2D eigenvalue weighted by Crippen LogP contribution is -2.46. The van der Waals surface area contributed by atoms with Gasteiger partial charge < -0.3 is 14.6 Å². The third-order valence-corrected chi connectivity index (χ3v) is 5.71. The number of ether oxygens (including phenoxy) is 2. The summed E-state index contributed by atoms with van der Waals surface area (Å²) < 4.78 is 52.5. The molecule has 3 aromatic rings. The number of methoxy groups -OCH3 is 1. The van der Waals surface area contributed by atoms with Crippen LogP contribution in [0.4, 0.5) is 13.2 Å². The van der Waals surface area contributed by atoms with Crippen molar-refractivity contribution < 1.29 is 32.5 Å². The lowest BCUT2D eigenvalue weighted by atomic mass is 9.78. The molecular weight excluding hydrogens is 482 g/mol. The number of halogens is 5. The van der Waals surface area contributed by atoms with E-state index in [2.05, 4.69) is 9.72 Å². The second-order valence-electron chi connectivity index (χ2n) is 7.15. The SMILES string of the molecule is COC(=O)c1ccc(Oc2ccc(C(C)C(O)(c3ccnc(Cl)c3)C(F)(F)F)c(Cl)c2)cc1. The van der Waals surface area contributed by atoms with Gasteiger partial charge >= 0.3 is 12.1 Å². The van der Waals surface area contributed by atoms with E-state index in [0.717, 1.165) is 18.3 Å². The quantitative estimate of drug-likeness (QED) is 0.308. The number of nitrogens with zero attached hydrogens (tertiary/aromatic N) is 1. The highest BCUT2D eigenvalue weighted by molar-refractivity contribution is 6.31. The maximum atomic E-state index is 14.1. The smallest absolute Gasteiger partial charge is 0.422 e. The molecule has 0 aliphatic carbocycles. The predicted molar refractivity (Wildman–Crippen MR) is 117 cm³/mol. The van der Waals surface area contributed by atoms with Gasteiger partial charge in [0.15, 0.2) is 5.60 Å². The summed E-state index contributed by atoms with van der Waals surface area (Å²) in [6.07, 6.45) is -3.94. The number of aromatic nitrogens is 1. The maximum absolute atomic E-state index is 14.1. The predicted octanol–water partition coefficient (Wildman–Crippen LogP) is 6.52. The monoisotopic (exact) mass is 499 g/mol. The molecule has 2 unspecified atom stereocenters. The van der Waals surface area contributed by atoms with Gasteiger partial charge in [-0.15, -0.1) is 0 Å². The van der Waals surface area contributed by atoms with Crippen LogP contribution < -0.4 is 4.74 Å². The molecule has 0 amide bonds. The number of benzene rings is 2. The van der Waals surface area contributed by atoms with E-state index in [4.69, 9.17) is 27.9 Å². The summed E-state index contributed by atoms with van der Waals surface area (Å²) in [5, 5.41) is 10.6. The zero-order valence-electron chi connectivity index (χ0n) is 17.4. The molecule has 0 spiro atoms. The number of pyridine rings is 1. The van der Waals surface area contributed by atoms with Crippen molar-refractivity contribution in [1.82, 2.24) is 4.98 Å². The summed E-state index contributed by atoms with van der Waals surface area (Å²) in [6, 6.07) is 12.2. The first-order valence-electron chi connectivity index (χ1n) is 9.54. The molecule has 33 heavy (non-hydrogen) atoms. The van der Waals surface area contributed by atoms with Crippen molar-refractivity contribution in [2.45, 2.75) is 24.6 Å². The summed E-state index contributed by atoms with van der Waals surface area (Å²) in [5.74, 6) is -1.37. The number of alkyl halides is 3. The summed E-state index contributed by atoms with van der Waals surface area (Å²) >= 11 is 12.1. The van der Waals surface area contributed by atoms with Gasteiger partial charge in [-0.2, -0.15) is 13.2 Å². The summed E-state index contributed by atoms with van der Waals surface area (Å²) in [5.41, 5.74) is -3.34. The first-order valence-corrected chi connectivity index (χ1v) is 10.3. The van der Waals surface area contributed by atoms with Crippen molar-refractivity contribution in [3.8, 4) is 11.5 Å². The van der Waals surface area contributed by atoms with Crippen LogP contribution in [-0.2, 0) is 10.3 Å². The molecule has 0 saturated heterocycles. The van der Waals surface area contributed by atoms with Gasteiger partial charge in [-0.3, -0.25) is 0 Å². The van der Waals surface area contributed by atoms with E-state index >= 15 is 0 Å². The third-order valence-electron chi connectivity index (χ3n) is 5.18. The fraction of sp³-hybridized carbons (Fsp3) is 0.217. The van der Waals surface area contributed by atoms with Crippen LogP contribution in [0.25, 0.3) is 0 Å². The van der Waals surface area contributed by atoms with Crippen LogP contribution in [0.3, 0.4) is 0 Å². The fourth-order valence-corrected chi connectivity index (χ4v) is 3.87. The van der Waals surface area contributed by atoms with Gasteiger partial charge in [0.2, 0.25) is 0 Å². The number of carbonyl (C=O) groups is 1. The molecule has 0 saturated carbocycles. The Morgan fingerprint density at radius 3 is 2.21 bits per heavy atom. The van der Waals surface area contributed by atoms with E-state index in [1.54, 1.807) is 0 Å². The number of aliphatic hydroxyl groups is 1. The van der Waals surface area contributed by atoms with Crippen LogP contribution in [0.15, 0.2) is 60.8 Å². The Balaban J connectivity index is 1.91. The minimum atomic E-state index is -5.03. The standard InChI is InChI=1S/C23H18Cl2F3NO4/c1-13(22(31,23(26,27)28)15-9-10-29-20(25)11-15)18-8-7-17(12-19(18)24)33-16-5-3-14(4-6-16)21(30)32-2/h3-13,31H,1-2H3. The molecular formula is C23H18Cl2F3NO4. The molecule has 0 radical (unpaired) electrons. The maximum Gasteiger partial charge on any atom is 0.422 e. The van der Waals surface area contributed by atoms with E-state index in [0.29, 0.717) is 11.3 Å². The van der Waals surface area contributed by atoms with Gasteiger partial charge in [-0.25, -0.2) is 9.78 Å². The number of hydrogen-bond donors (Lipinski definition) is 1. The molecule has 1 heterocycles. The highest BCUT2D eigenvalue weighted by atomic mass is 35.5. The number of rotatable bonds is 6. The van der Waals surface area contributed by atoms with Gasteiger partial charge in [0, 0.05) is 17.1 Å². The molecule has 5 nitrogen and oxygen atoms in total. The Morgan fingerprint density at radius 2 is 1.67 bits per heavy atom. The van der Waals surface area contributed by atoms with E-state index < -0.39 is 29.2 Å². The van der Waals surface area contributed by atoms with E-state index in [1.165, 1.54) is 56.5 Å². The van der Waals surface area contributed by atoms with Gasteiger partial charge in [0.25, 0.3) is 0 Å². The zero-order valence-corrected chi connectivity index (χ0v) is 18.9. The van der Waals surface area contributed by atoms with Crippen LogP contribution in [0.2, 0.25) is 10.2 Å². The normalized spacial score (nSPS) is 14.3. The molecule has 2 aromatic carbocycles. The molecule has 0 aliphatic heterocycles. The topological polar surface area (TPSA) is 68.7 Å². The largest absolute Gasteiger partial charge is 0.465 e.